The maximum absolute atomic E-state index is 13.1. The number of benzene rings is 2. The van der Waals surface area contributed by atoms with Crippen LogP contribution in [0.25, 0.3) is 5.69 Å². The first kappa shape index (κ1) is 22.7. The van der Waals surface area contributed by atoms with Gasteiger partial charge in [-0.15, -0.1) is 0 Å². The Morgan fingerprint density at radius 1 is 0.970 bits per heavy atom. The number of aromatic nitrogens is 2. The fourth-order valence-corrected chi connectivity index (χ4v) is 3.92. The molecule has 2 amide bonds. The van der Waals surface area contributed by atoms with E-state index in [0.717, 1.165) is 24.2 Å². The van der Waals surface area contributed by atoms with Crippen molar-refractivity contribution >= 4 is 11.8 Å². The highest BCUT2D eigenvalue weighted by molar-refractivity contribution is 5.94. The third kappa shape index (κ3) is 6.26. The van der Waals surface area contributed by atoms with E-state index in [1.165, 1.54) is 24.3 Å². The molecule has 0 bridgehead atoms. The lowest BCUT2D eigenvalue weighted by Gasteiger charge is -2.22. The van der Waals surface area contributed by atoms with Gasteiger partial charge in [-0.2, -0.15) is 5.10 Å². The quantitative estimate of drug-likeness (QED) is 0.602. The number of rotatable bonds is 7. The summed E-state index contributed by atoms with van der Waals surface area (Å²) in [5.74, 6) is -0.481. The molecule has 0 spiro atoms. The van der Waals surface area contributed by atoms with Gasteiger partial charge in [0.25, 0.3) is 5.91 Å². The van der Waals surface area contributed by atoms with Crippen LogP contribution in [0.2, 0.25) is 0 Å². The van der Waals surface area contributed by atoms with Gasteiger partial charge in [-0.25, -0.2) is 9.07 Å². The summed E-state index contributed by atoms with van der Waals surface area (Å²) in [6.07, 6.45) is 5.29. The van der Waals surface area contributed by atoms with Crippen LogP contribution in [0.1, 0.15) is 22.3 Å². The Kier molecular flexibility index (Phi) is 7.47. The van der Waals surface area contributed by atoms with Crippen LogP contribution in [-0.2, 0) is 11.2 Å². The van der Waals surface area contributed by atoms with Gasteiger partial charge < -0.3 is 10.2 Å². The van der Waals surface area contributed by atoms with Crippen LogP contribution in [0.3, 0.4) is 0 Å². The average molecular weight is 450 g/mol. The predicted molar refractivity (Wildman–Crippen MR) is 124 cm³/mol. The van der Waals surface area contributed by atoms with Crippen molar-refractivity contribution < 1.29 is 14.0 Å². The molecule has 1 fully saturated rings. The molecular weight excluding hydrogens is 421 g/mol. The van der Waals surface area contributed by atoms with Gasteiger partial charge in [0.2, 0.25) is 5.91 Å². The molecule has 7 nitrogen and oxygen atoms in total. The van der Waals surface area contributed by atoms with Gasteiger partial charge >= 0.3 is 0 Å². The largest absolute Gasteiger partial charge is 0.355 e. The highest BCUT2D eigenvalue weighted by Gasteiger charge is 2.21. The summed E-state index contributed by atoms with van der Waals surface area (Å²) in [4.78, 5) is 28.9. The van der Waals surface area contributed by atoms with Crippen molar-refractivity contribution in [2.75, 3.05) is 39.3 Å². The van der Waals surface area contributed by atoms with Crippen molar-refractivity contribution in [2.24, 2.45) is 0 Å². The second-order valence-electron chi connectivity index (χ2n) is 8.16. The topological polar surface area (TPSA) is 70.5 Å². The number of carbonyl (C=O) groups excluding carboxylic acids is 2. The van der Waals surface area contributed by atoms with Gasteiger partial charge in [0.15, 0.2) is 0 Å². The Labute approximate surface area is 192 Å². The normalized spacial score (nSPS) is 14.6. The van der Waals surface area contributed by atoms with E-state index in [1.54, 1.807) is 4.90 Å². The Balaban J connectivity index is 1.20. The highest BCUT2D eigenvalue weighted by Crippen LogP contribution is 2.11. The van der Waals surface area contributed by atoms with E-state index >= 15 is 0 Å². The molecule has 1 saturated heterocycles. The minimum absolute atomic E-state index is 0.0243. The van der Waals surface area contributed by atoms with Crippen molar-refractivity contribution in [3.8, 4) is 5.69 Å². The van der Waals surface area contributed by atoms with Crippen molar-refractivity contribution in [3.63, 3.8) is 0 Å². The molecule has 0 radical (unpaired) electrons. The summed E-state index contributed by atoms with van der Waals surface area (Å²) in [7, 11) is 0. The first-order valence-electron chi connectivity index (χ1n) is 11.2. The standard InChI is InChI=1S/C25H28FN5O2/c26-22-9-7-21(8-10-22)25(33)30-14-4-13-29(15-16-30)19-24(32)27-12-11-20-17-28-31(18-20)23-5-2-1-3-6-23/h1-3,5-10,17-18H,4,11-16,19H2,(H,27,32). The number of nitrogens with zero attached hydrogens (tertiary/aromatic N) is 4. The van der Waals surface area contributed by atoms with Crippen molar-refractivity contribution in [2.45, 2.75) is 12.8 Å². The van der Waals surface area contributed by atoms with Crippen LogP contribution in [-0.4, -0.2) is 70.7 Å². The van der Waals surface area contributed by atoms with Crippen molar-refractivity contribution in [1.82, 2.24) is 24.9 Å². The van der Waals surface area contributed by atoms with Gasteiger partial charge in [0, 0.05) is 44.5 Å². The zero-order valence-corrected chi connectivity index (χ0v) is 18.5. The van der Waals surface area contributed by atoms with Crippen LogP contribution in [0.5, 0.6) is 0 Å². The Morgan fingerprint density at radius 2 is 1.76 bits per heavy atom. The SMILES string of the molecule is O=C(CN1CCCN(C(=O)c2ccc(F)cc2)CC1)NCCc1cnn(-c2ccccc2)c1. The Bertz CT molecular complexity index is 1070. The highest BCUT2D eigenvalue weighted by atomic mass is 19.1. The maximum atomic E-state index is 13.1. The molecule has 0 aliphatic carbocycles. The molecule has 1 N–H and O–H groups in total. The van der Waals surface area contributed by atoms with Gasteiger partial charge in [0.1, 0.15) is 5.82 Å². The number of para-hydroxylation sites is 1. The first-order valence-corrected chi connectivity index (χ1v) is 11.2. The Hall–Kier alpha value is -3.52. The third-order valence-electron chi connectivity index (χ3n) is 5.73. The van der Waals surface area contributed by atoms with Gasteiger partial charge in [-0.05, 0) is 54.8 Å². The molecule has 2 heterocycles. The monoisotopic (exact) mass is 449 g/mol. The molecule has 3 aromatic rings. The van der Waals surface area contributed by atoms with Crippen LogP contribution in [0, 0.1) is 5.82 Å². The zero-order valence-electron chi connectivity index (χ0n) is 18.5. The summed E-state index contributed by atoms with van der Waals surface area (Å²) in [5.41, 5.74) is 2.54. The van der Waals surface area contributed by atoms with Gasteiger partial charge in [-0.1, -0.05) is 18.2 Å². The van der Waals surface area contributed by atoms with E-state index in [4.69, 9.17) is 0 Å². The molecular formula is C25H28FN5O2. The summed E-state index contributed by atoms with van der Waals surface area (Å²) in [5, 5.41) is 7.36. The van der Waals surface area contributed by atoms with Crippen LogP contribution in [0.4, 0.5) is 4.39 Å². The average Bonchev–Trinajstić information content (AvgIpc) is 3.18. The summed E-state index contributed by atoms with van der Waals surface area (Å²) in [6, 6.07) is 15.5. The lowest BCUT2D eigenvalue weighted by molar-refractivity contribution is -0.122. The fourth-order valence-electron chi connectivity index (χ4n) is 3.92. The molecule has 172 valence electrons. The molecule has 1 aliphatic rings. The molecule has 0 atom stereocenters. The minimum Gasteiger partial charge on any atom is -0.355 e. The molecule has 0 unspecified atom stereocenters. The van der Waals surface area contributed by atoms with E-state index in [9.17, 15) is 14.0 Å². The van der Waals surface area contributed by atoms with Crippen LogP contribution < -0.4 is 5.32 Å². The lowest BCUT2D eigenvalue weighted by atomic mass is 10.2. The first-order chi connectivity index (χ1) is 16.1. The van der Waals surface area contributed by atoms with Gasteiger partial charge in [-0.3, -0.25) is 14.5 Å². The number of amides is 2. The number of halogens is 1. The van der Waals surface area contributed by atoms with Gasteiger partial charge in [0.05, 0.1) is 18.4 Å². The minimum atomic E-state index is -0.357. The molecule has 4 rings (SSSR count). The number of carbonyl (C=O) groups is 2. The summed E-state index contributed by atoms with van der Waals surface area (Å²) >= 11 is 0. The third-order valence-corrected chi connectivity index (χ3v) is 5.73. The summed E-state index contributed by atoms with van der Waals surface area (Å²) in [6.45, 7) is 3.40. The fraction of sp³-hybridized carbons (Fsp3) is 0.320. The smallest absolute Gasteiger partial charge is 0.253 e. The van der Waals surface area contributed by atoms with Crippen LogP contribution in [0.15, 0.2) is 67.0 Å². The maximum Gasteiger partial charge on any atom is 0.253 e. The Morgan fingerprint density at radius 3 is 2.55 bits per heavy atom. The van der Waals surface area contributed by atoms with E-state index in [1.807, 2.05) is 47.4 Å². The van der Waals surface area contributed by atoms with E-state index < -0.39 is 0 Å². The number of nitrogens with one attached hydrogen (secondary N) is 1. The van der Waals surface area contributed by atoms with Crippen LogP contribution >= 0.6 is 0 Å². The number of hydrogen-bond donors (Lipinski definition) is 1. The molecule has 1 aliphatic heterocycles. The predicted octanol–water partition coefficient (Wildman–Crippen LogP) is 2.52. The molecule has 33 heavy (non-hydrogen) atoms. The van der Waals surface area contributed by atoms with E-state index in [-0.39, 0.29) is 17.6 Å². The second kappa shape index (κ2) is 10.9. The zero-order chi connectivity index (χ0) is 23.0. The lowest BCUT2D eigenvalue weighted by Crippen LogP contribution is -2.40. The molecule has 2 aromatic carbocycles. The van der Waals surface area contributed by atoms with E-state index in [2.05, 4.69) is 15.3 Å². The summed E-state index contributed by atoms with van der Waals surface area (Å²) < 4.78 is 14.9. The molecule has 1 aromatic heterocycles. The van der Waals surface area contributed by atoms with Crippen molar-refractivity contribution in [3.05, 3.63) is 83.9 Å². The van der Waals surface area contributed by atoms with Crippen molar-refractivity contribution in [1.29, 1.82) is 0 Å². The number of hydrogen-bond acceptors (Lipinski definition) is 4. The molecule has 8 heteroatoms. The second-order valence-corrected chi connectivity index (χ2v) is 8.16. The van der Waals surface area contributed by atoms with E-state index in [0.29, 0.717) is 44.7 Å². The molecule has 0 saturated carbocycles.